The lowest BCUT2D eigenvalue weighted by Crippen LogP contribution is -2.30. The molecule has 122 valence electrons. The Morgan fingerprint density at radius 1 is 1.26 bits per heavy atom. The van der Waals surface area contributed by atoms with Crippen LogP contribution >= 0.6 is 0 Å². The zero-order valence-corrected chi connectivity index (χ0v) is 13.6. The Bertz CT molecular complexity index is 793. The zero-order chi connectivity index (χ0) is 16.4. The molecule has 1 aromatic carbocycles. The summed E-state index contributed by atoms with van der Waals surface area (Å²) in [5, 5.41) is 2.96. The van der Waals surface area contributed by atoms with Crippen molar-refractivity contribution in [3.8, 4) is 0 Å². The number of sulfonamides is 1. The van der Waals surface area contributed by atoms with E-state index in [1.54, 1.807) is 13.2 Å². The molecule has 0 radical (unpaired) electrons. The molecule has 1 atom stereocenters. The van der Waals surface area contributed by atoms with Gasteiger partial charge in [-0.05, 0) is 54.8 Å². The lowest BCUT2D eigenvalue weighted by molar-refractivity contribution is 0.396. The van der Waals surface area contributed by atoms with Gasteiger partial charge in [-0.3, -0.25) is 0 Å². The molecule has 1 aliphatic rings. The van der Waals surface area contributed by atoms with E-state index in [2.05, 4.69) is 10.3 Å². The maximum Gasteiger partial charge on any atom is 0.243 e. The van der Waals surface area contributed by atoms with E-state index in [4.69, 9.17) is 0 Å². The van der Waals surface area contributed by atoms with E-state index in [9.17, 15) is 12.8 Å². The predicted molar refractivity (Wildman–Crippen MR) is 86.1 cm³/mol. The summed E-state index contributed by atoms with van der Waals surface area (Å²) in [4.78, 5) is 4.28. The van der Waals surface area contributed by atoms with Crippen LogP contribution in [0.25, 0.3) is 0 Å². The third-order valence-corrected chi connectivity index (χ3v) is 5.97. The minimum Gasteiger partial charge on any atom is -0.373 e. The molecule has 0 amide bonds. The first-order chi connectivity index (χ1) is 11.0. The van der Waals surface area contributed by atoms with Crippen molar-refractivity contribution in [2.45, 2.75) is 23.8 Å². The minimum atomic E-state index is -3.65. The first-order valence-electron chi connectivity index (χ1n) is 7.43. The van der Waals surface area contributed by atoms with E-state index in [0.717, 1.165) is 18.4 Å². The predicted octanol–water partition coefficient (Wildman–Crippen LogP) is 2.79. The molecule has 1 saturated heterocycles. The highest BCUT2D eigenvalue weighted by Gasteiger charge is 2.36. The van der Waals surface area contributed by atoms with Gasteiger partial charge < -0.3 is 5.32 Å². The average Bonchev–Trinajstić information content (AvgIpc) is 3.06. The van der Waals surface area contributed by atoms with E-state index in [-0.39, 0.29) is 10.9 Å². The van der Waals surface area contributed by atoms with Gasteiger partial charge in [-0.15, -0.1) is 0 Å². The molecule has 1 aromatic heterocycles. The highest BCUT2D eigenvalue weighted by Crippen LogP contribution is 2.36. The highest BCUT2D eigenvalue weighted by atomic mass is 32.2. The van der Waals surface area contributed by atoms with Crippen LogP contribution in [-0.4, -0.2) is 31.3 Å². The van der Waals surface area contributed by atoms with Crippen molar-refractivity contribution in [3.05, 3.63) is 54.0 Å². The number of hydrogen-bond donors (Lipinski definition) is 1. The van der Waals surface area contributed by atoms with Gasteiger partial charge in [0.2, 0.25) is 10.0 Å². The standard InChI is InChI=1S/C16H18FN3O2S/c1-18-16-11-12(8-9-19-16)15-3-2-10-20(15)23(21,22)14-6-4-13(17)5-7-14/h4-9,11,15H,2-3,10H2,1H3,(H,18,19)/t15-/m0/s1. The lowest BCUT2D eigenvalue weighted by atomic mass is 10.1. The van der Waals surface area contributed by atoms with Crippen LogP contribution in [0.3, 0.4) is 0 Å². The molecule has 1 fully saturated rings. The molecule has 23 heavy (non-hydrogen) atoms. The molecule has 5 nitrogen and oxygen atoms in total. The third-order valence-electron chi connectivity index (χ3n) is 4.05. The van der Waals surface area contributed by atoms with Crippen LogP contribution < -0.4 is 5.32 Å². The molecular formula is C16H18FN3O2S. The summed E-state index contributed by atoms with van der Waals surface area (Å²) in [5.74, 6) is 0.253. The van der Waals surface area contributed by atoms with Crippen molar-refractivity contribution in [1.82, 2.24) is 9.29 Å². The van der Waals surface area contributed by atoms with Gasteiger partial charge in [-0.25, -0.2) is 17.8 Å². The van der Waals surface area contributed by atoms with Crippen molar-refractivity contribution >= 4 is 15.8 Å². The van der Waals surface area contributed by atoms with Crippen molar-refractivity contribution in [2.75, 3.05) is 18.9 Å². The molecule has 1 aliphatic heterocycles. The zero-order valence-electron chi connectivity index (χ0n) is 12.7. The Kier molecular flexibility index (Phi) is 4.32. The minimum absolute atomic E-state index is 0.119. The molecule has 3 rings (SSSR count). The Hall–Kier alpha value is -1.99. The third kappa shape index (κ3) is 3.07. The van der Waals surface area contributed by atoms with Crippen molar-refractivity contribution < 1.29 is 12.8 Å². The first-order valence-corrected chi connectivity index (χ1v) is 8.87. The fraction of sp³-hybridized carbons (Fsp3) is 0.312. The van der Waals surface area contributed by atoms with E-state index < -0.39 is 15.8 Å². The van der Waals surface area contributed by atoms with Crippen molar-refractivity contribution in [2.24, 2.45) is 0 Å². The number of halogens is 1. The van der Waals surface area contributed by atoms with E-state index in [1.807, 2.05) is 12.1 Å². The number of nitrogens with zero attached hydrogens (tertiary/aromatic N) is 2. The van der Waals surface area contributed by atoms with Crippen molar-refractivity contribution in [1.29, 1.82) is 0 Å². The van der Waals surface area contributed by atoms with Crippen LogP contribution in [0, 0.1) is 5.82 Å². The molecule has 0 spiro atoms. The molecule has 0 unspecified atom stereocenters. The largest absolute Gasteiger partial charge is 0.373 e. The van der Waals surface area contributed by atoms with Crippen LogP contribution in [0.5, 0.6) is 0 Å². The summed E-state index contributed by atoms with van der Waals surface area (Å²) < 4.78 is 40.3. The molecule has 7 heteroatoms. The number of aromatic nitrogens is 1. The van der Waals surface area contributed by atoms with Gasteiger partial charge in [0.25, 0.3) is 0 Å². The first kappa shape index (κ1) is 15.9. The fourth-order valence-electron chi connectivity index (χ4n) is 2.89. The van der Waals surface area contributed by atoms with Crippen LogP contribution in [-0.2, 0) is 10.0 Å². The van der Waals surface area contributed by atoms with Crippen LogP contribution in [0.4, 0.5) is 10.2 Å². The van der Waals surface area contributed by atoms with Gasteiger partial charge in [0.15, 0.2) is 0 Å². The van der Waals surface area contributed by atoms with E-state index in [1.165, 1.54) is 28.6 Å². The number of pyridine rings is 1. The Morgan fingerprint density at radius 3 is 2.70 bits per heavy atom. The summed E-state index contributed by atoms with van der Waals surface area (Å²) in [7, 11) is -1.87. The van der Waals surface area contributed by atoms with Crippen LogP contribution in [0.2, 0.25) is 0 Å². The molecule has 0 bridgehead atoms. The molecular weight excluding hydrogens is 317 g/mol. The smallest absolute Gasteiger partial charge is 0.243 e. The maximum absolute atomic E-state index is 13.1. The topological polar surface area (TPSA) is 62.3 Å². The summed E-state index contributed by atoms with van der Waals surface area (Å²) >= 11 is 0. The molecule has 1 N–H and O–H groups in total. The maximum atomic E-state index is 13.1. The van der Waals surface area contributed by atoms with Gasteiger partial charge in [-0.2, -0.15) is 4.31 Å². The molecule has 0 saturated carbocycles. The fourth-order valence-corrected chi connectivity index (χ4v) is 4.58. The summed E-state index contributed by atoms with van der Waals surface area (Å²) in [6, 6.07) is 8.44. The van der Waals surface area contributed by atoms with Gasteiger partial charge in [0, 0.05) is 19.8 Å². The number of benzene rings is 1. The average molecular weight is 335 g/mol. The second-order valence-corrected chi connectivity index (χ2v) is 7.34. The SMILES string of the molecule is CNc1cc([C@@H]2CCCN2S(=O)(=O)c2ccc(F)cc2)ccn1. The Balaban J connectivity index is 1.96. The van der Waals surface area contributed by atoms with Crippen molar-refractivity contribution in [3.63, 3.8) is 0 Å². The van der Waals surface area contributed by atoms with Crippen LogP contribution in [0.15, 0.2) is 47.5 Å². The van der Waals surface area contributed by atoms with Gasteiger partial charge in [0.1, 0.15) is 11.6 Å². The second kappa shape index (κ2) is 6.25. The number of nitrogens with one attached hydrogen (secondary N) is 1. The highest BCUT2D eigenvalue weighted by molar-refractivity contribution is 7.89. The number of anilines is 1. The summed E-state index contributed by atoms with van der Waals surface area (Å²) in [5.41, 5.74) is 0.910. The molecule has 2 heterocycles. The summed E-state index contributed by atoms with van der Waals surface area (Å²) in [6.07, 6.45) is 3.22. The quantitative estimate of drug-likeness (QED) is 0.933. The normalized spacial score (nSPS) is 19.0. The number of hydrogen-bond acceptors (Lipinski definition) is 4. The van der Waals surface area contributed by atoms with E-state index in [0.29, 0.717) is 12.4 Å². The van der Waals surface area contributed by atoms with Gasteiger partial charge in [0.05, 0.1) is 10.9 Å². The number of rotatable bonds is 4. The van der Waals surface area contributed by atoms with Gasteiger partial charge >= 0.3 is 0 Å². The second-order valence-electron chi connectivity index (χ2n) is 5.45. The summed E-state index contributed by atoms with van der Waals surface area (Å²) in [6.45, 7) is 0.460. The van der Waals surface area contributed by atoms with Crippen LogP contribution in [0.1, 0.15) is 24.4 Å². The van der Waals surface area contributed by atoms with E-state index >= 15 is 0 Å². The molecule has 2 aromatic rings. The van der Waals surface area contributed by atoms with Gasteiger partial charge in [-0.1, -0.05) is 0 Å². The monoisotopic (exact) mass is 335 g/mol. The Morgan fingerprint density at radius 2 is 2.00 bits per heavy atom. The Labute approximate surface area is 135 Å². The lowest BCUT2D eigenvalue weighted by Gasteiger charge is -2.24. The molecule has 0 aliphatic carbocycles.